The molecule has 0 bridgehead atoms. The summed E-state index contributed by atoms with van der Waals surface area (Å²) in [6, 6.07) is 0. The molecule has 0 rings (SSSR count). The van der Waals surface area contributed by atoms with Gasteiger partial charge in [-0.3, -0.25) is 4.99 Å². The molecule has 68 valence electrons. The van der Waals surface area contributed by atoms with Gasteiger partial charge in [0.05, 0.1) is 0 Å². The molecule has 0 heterocycles. The van der Waals surface area contributed by atoms with Crippen molar-refractivity contribution in [3.05, 3.63) is 24.4 Å². The van der Waals surface area contributed by atoms with E-state index >= 15 is 0 Å². The molecule has 0 saturated heterocycles. The summed E-state index contributed by atoms with van der Waals surface area (Å²) in [6.07, 6.45) is 4.04. The Hall–Kier alpha value is -0.850. The second-order valence-electron chi connectivity index (χ2n) is 3.98. The van der Waals surface area contributed by atoms with Gasteiger partial charge in [-0.2, -0.15) is 0 Å². The van der Waals surface area contributed by atoms with Crippen LogP contribution in [0.15, 0.2) is 29.4 Å². The van der Waals surface area contributed by atoms with Gasteiger partial charge in [-0.25, -0.2) is 0 Å². The number of rotatable bonds is 2. The molecule has 0 spiro atoms. The van der Waals surface area contributed by atoms with E-state index in [0.717, 1.165) is 11.4 Å². The average Bonchev–Trinajstić information content (AvgIpc) is 1.83. The van der Waals surface area contributed by atoms with E-state index in [1.807, 2.05) is 26.0 Å². The van der Waals surface area contributed by atoms with E-state index in [0.29, 0.717) is 0 Å². The van der Waals surface area contributed by atoms with Gasteiger partial charge in [0.25, 0.3) is 0 Å². The topological polar surface area (TPSA) is 12.4 Å². The number of allylic oxidation sites excluding steroid dienone is 3. The van der Waals surface area contributed by atoms with Gasteiger partial charge in [-0.05, 0) is 19.9 Å². The Labute approximate surface area is 75.9 Å². The fraction of sp³-hybridized carbons (Fsp3) is 0.545. The summed E-state index contributed by atoms with van der Waals surface area (Å²) in [4.78, 5) is 4.37. The maximum absolute atomic E-state index is 4.37. The smallest absolute Gasteiger partial charge is 0.0456 e. The second kappa shape index (κ2) is 4.24. The van der Waals surface area contributed by atoms with E-state index in [4.69, 9.17) is 0 Å². The van der Waals surface area contributed by atoms with Crippen molar-refractivity contribution in [2.24, 2.45) is 10.4 Å². The summed E-state index contributed by atoms with van der Waals surface area (Å²) in [6.45, 7) is 14.1. The molecule has 1 nitrogen and oxygen atoms in total. The molecule has 0 aliphatic heterocycles. The Morgan fingerprint density at radius 1 is 1.33 bits per heavy atom. The molecule has 0 aromatic carbocycles. The van der Waals surface area contributed by atoms with E-state index in [-0.39, 0.29) is 5.41 Å². The van der Waals surface area contributed by atoms with Gasteiger partial charge >= 0.3 is 0 Å². The molecule has 0 aromatic heterocycles. The molecule has 0 aliphatic carbocycles. The number of nitrogens with zero attached hydrogens (tertiary/aromatic N) is 1. The SMILES string of the molecule is C=C(C)N=C(/C=C\C)C(C)(C)C. The molecule has 1 heteroatoms. The first-order valence-electron chi connectivity index (χ1n) is 4.25. The van der Waals surface area contributed by atoms with E-state index in [1.165, 1.54) is 0 Å². The number of hydrogen-bond donors (Lipinski definition) is 0. The summed E-state index contributed by atoms with van der Waals surface area (Å²) >= 11 is 0. The minimum absolute atomic E-state index is 0.103. The first-order valence-corrected chi connectivity index (χ1v) is 4.25. The van der Waals surface area contributed by atoms with Crippen LogP contribution in [0.4, 0.5) is 0 Å². The van der Waals surface area contributed by atoms with Crippen LogP contribution in [-0.2, 0) is 0 Å². The first kappa shape index (κ1) is 11.2. The molecule has 0 atom stereocenters. The lowest BCUT2D eigenvalue weighted by Gasteiger charge is -2.18. The second-order valence-corrected chi connectivity index (χ2v) is 3.98. The molecule has 0 saturated carbocycles. The Balaban J connectivity index is 4.80. The van der Waals surface area contributed by atoms with Crippen LogP contribution in [0.1, 0.15) is 34.6 Å². The van der Waals surface area contributed by atoms with Crippen LogP contribution >= 0.6 is 0 Å². The lowest BCUT2D eigenvalue weighted by atomic mass is 9.89. The van der Waals surface area contributed by atoms with Crippen molar-refractivity contribution in [3.8, 4) is 0 Å². The summed E-state index contributed by atoms with van der Waals surface area (Å²) in [7, 11) is 0. The molecule has 0 radical (unpaired) electrons. The zero-order chi connectivity index (χ0) is 9.78. The number of aliphatic imine (C=N–C) groups is 1. The van der Waals surface area contributed by atoms with Gasteiger partial charge in [0.2, 0.25) is 0 Å². The number of hydrogen-bond acceptors (Lipinski definition) is 1. The van der Waals surface area contributed by atoms with Crippen molar-refractivity contribution < 1.29 is 0 Å². The van der Waals surface area contributed by atoms with Crippen LogP contribution in [0, 0.1) is 5.41 Å². The molecular weight excluding hydrogens is 146 g/mol. The molecule has 0 fully saturated rings. The maximum Gasteiger partial charge on any atom is 0.0456 e. The lowest BCUT2D eigenvalue weighted by molar-refractivity contribution is 0.593. The highest BCUT2D eigenvalue weighted by Crippen LogP contribution is 2.18. The summed E-state index contributed by atoms with van der Waals surface area (Å²) in [5.74, 6) is 0. The lowest BCUT2D eigenvalue weighted by Crippen LogP contribution is -2.18. The summed E-state index contributed by atoms with van der Waals surface area (Å²) in [5, 5.41) is 0. The normalized spacial score (nSPS) is 13.9. The quantitative estimate of drug-likeness (QED) is 0.554. The molecule has 0 aliphatic rings. The summed E-state index contributed by atoms with van der Waals surface area (Å²) in [5.41, 5.74) is 2.04. The van der Waals surface area contributed by atoms with Crippen molar-refractivity contribution in [1.29, 1.82) is 0 Å². The van der Waals surface area contributed by atoms with Crippen molar-refractivity contribution in [1.82, 2.24) is 0 Å². The Bertz CT molecular complexity index is 214. The predicted octanol–water partition coefficient (Wildman–Crippen LogP) is 3.58. The van der Waals surface area contributed by atoms with Crippen LogP contribution in [0.25, 0.3) is 0 Å². The van der Waals surface area contributed by atoms with Gasteiger partial charge < -0.3 is 0 Å². The predicted molar refractivity (Wildman–Crippen MR) is 56.5 cm³/mol. The van der Waals surface area contributed by atoms with Crippen molar-refractivity contribution in [2.45, 2.75) is 34.6 Å². The van der Waals surface area contributed by atoms with Crippen LogP contribution in [-0.4, -0.2) is 5.71 Å². The minimum atomic E-state index is 0.103. The maximum atomic E-state index is 4.37. The van der Waals surface area contributed by atoms with Gasteiger partial charge in [-0.1, -0.05) is 33.4 Å². The van der Waals surface area contributed by atoms with E-state index < -0.39 is 0 Å². The third-order valence-corrected chi connectivity index (χ3v) is 1.40. The Morgan fingerprint density at radius 3 is 2.08 bits per heavy atom. The van der Waals surface area contributed by atoms with Crippen molar-refractivity contribution >= 4 is 5.71 Å². The molecule has 0 N–H and O–H groups in total. The largest absolute Gasteiger partial charge is 0.258 e. The average molecular weight is 165 g/mol. The van der Waals surface area contributed by atoms with Gasteiger partial charge in [-0.15, -0.1) is 0 Å². The van der Waals surface area contributed by atoms with Gasteiger partial charge in [0, 0.05) is 16.8 Å². The third kappa shape index (κ3) is 4.12. The minimum Gasteiger partial charge on any atom is -0.258 e. The zero-order valence-electron chi connectivity index (χ0n) is 8.81. The van der Waals surface area contributed by atoms with Crippen molar-refractivity contribution in [2.75, 3.05) is 0 Å². The third-order valence-electron chi connectivity index (χ3n) is 1.40. The Morgan fingerprint density at radius 2 is 1.83 bits per heavy atom. The molecular formula is C11H19N. The molecule has 12 heavy (non-hydrogen) atoms. The van der Waals surface area contributed by atoms with E-state index in [1.54, 1.807) is 0 Å². The summed E-state index contributed by atoms with van der Waals surface area (Å²) < 4.78 is 0. The van der Waals surface area contributed by atoms with Crippen LogP contribution in [0.3, 0.4) is 0 Å². The fourth-order valence-electron chi connectivity index (χ4n) is 0.818. The zero-order valence-corrected chi connectivity index (χ0v) is 8.81. The first-order chi connectivity index (χ1) is 5.38. The van der Waals surface area contributed by atoms with Gasteiger partial charge in [0.1, 0.15) is 0 Å². The highest BCUT2D eigenvalue weighted by molar-refractivity contribution is 5.99. The van der Waals surface area contributed by atoms with Gasteiger partial charge in [0.15, 0.2) is 0 Å². The fourth-order valence-corrected chi connectivity index (χ4v) is 0.818. The molecule has 0 amide bonds. The highest BCUT2D eigenvalue weighted by atomic mass is 14.8. The Kier molecular flexibility index (Phi) is 3.94. The van der Waals surface area contributed by atoms with Crippen LogP contribution in [0.5, 0.6) is 0 Å². The molecule has 0 unspecified atom stereocenters. The van der Waals surface area contributed by atoms with Crippen LogP contribution < -0.4 is 0 Å². The molecule has 0 aromatic rings. The van der Waals surface area contributed by atoms with E-state index in [9.17, 15) is 0 Å². The highest BCUT2D eigenvalue weighted by Gasteiger charge is 2.15. The monoisotopic (exact) mass is 165 g/mol. The standard InChI is InChI=1S/C11H19N/c1-7-8-10(11(4,5)6)12-9(2)3/h7-8H,2H2,1,3-6H3/b8-7-,12-10?. The van der Waals surface area contributed by atoms with Crippen LogP contribution in [0.2, 0.25) is 0 Å². The van der Waals surface area contributed by atoms with E-state index in [2.05, 4.69) is 32.3 Å². The van der Waals surface area contributed by atoms with Crippen molar-refractivity contribution in [3.63, 3.8) is 0 Å².